The maximum Gasteiger partial charge on any atom is 0.410 e. The number of hydrogen-bond donors (Lipinski definition) is 2. The molecule has 11 atom stereocenters. The van der Waals surface area contributed by atoms with Crippen LogP contribution in [0.15, 0.2) is 54.6 Å². The van der Waals surface area contributed by atoms with Crippen LogP contribution in [0.3, 0.4) is 0 Å². The van der Waals surface area contributed by atoms with Crippen molar-refractivity contribution >= 4 is 52.8 Å². The van der Waals surface area contributed by atoms with Gasteiger partial charge in [0.15, 0.2) is 11.6 Å². The van der Waals surface area contributed by atoms with Crippen molar-refractivity contribution in [2.75, 3.05) is 53.3 Å². The molecule has 1 unspecified atom stereocenters. The first-order valence-electron chi connectivity index (χ1n) is 29.0. The van der Waals surface area contributed by atoms with E-state index in [2.05, 4.69) is 5.32 Å². The molecule has 4 rings (SSSR count). The second kappa shape index (κ2) is 32.1. The van der Waals surface area contributed by atoms with Crippen LogP contribution in [-0.2, 0) is 54.4 Å². The number of benzene rings is 2. The minimum absolute atomic E-state index is 0.0212. The molecule has 2 saturated heterocycles. The molecule has 2 aromatic carbocycles. The van der Waals surface area contributed by atoms with Gasteiger partial charge < -0.3 is 39.3 Å². The Morgan fingerprint density at radius 1 is 0.785 bits per heavy atom. The molecule has 2 heterocycles. The third kappa shape index (κ3) is 18.2. The molecule has 17 nitrogen and oxygen atoms in total. The summed E-state index contributed by atoms with van der Waals surface area (Å²) >= 11 is 0. The van der Waals surface area contributed by atoms with Crippen LogP contribution in [0.2, 0.25) is 0 Å². The molecule has 17 heteroatoms. The maximum absolute atomic E-state index is 14.8. The summed E-state index contributed by atoms with van der Waals surface area (Å²) in [6.07, 6.45) is 2.71. The van der Waals surface area contributed by atoms with Crippen LogP contribution >= 0.6 is 0 Å². The Balaban J connectivity index is 1.32. The van der Waals surface area contributed by atoms with Crippen molar-refractivity contribution in [2.24, 2.45) is 41.4 Å². The van der Waals surface area contributed by atoms with Gasteiger partial charge in [0.05, 0.1) is 49.4 Å². The van der Waals surface area contributed by atoms with E-state index < -0.39 is 48.3 Å². The van der Waals surface area contributed by atoms with Crippen LogP contribution in [0.5, 0.6) is 0 Å². The van der Waals surface area contributed by atoms with Crippen molar-refractivity contribution in [3.63, 3.8) is 0 Å². The predicted octanol–water partition coefficient (Wildman–Crippen LogP) is 9.09. The van der Waals surface area contributed by atoms with Crippen LogP contribution in [0.4, 0.5) is 10.5 Å². The largest absolute Gasteiger partial charge is 0.445 e. The highest BCUT2D eigenvalue weighted by molar-refractivity contribution is 6.03. The molecule has 0 aromatic heterocycles. The molecular formula is C62H95N5O12. The fourth-order valence-corrected chi connectivity index (χ4v) is 11.6. The summed E-state index contributed by atoms with van der Waals surface area (Å²) in [7, 11) is 6.35. The zero-order valence-electron chi connectivity index (χ0n) is 49.7. The van der Waals surface area contributed by atoms with Gasteiger partial charge in [-0.2, -0.15) is 0 Å². The lowest BCUT2D eigenvalue weighted by Gasteiger charge is -2.41. The number of methoxy groups -OCH3 is 2. The van der Waals surface area contributed by atoms with Crippen molar-refractivity contribution < 1.29 is 57.7 Å². The van der Waals surface area contributed by atoms with E-state index in [1.165, 1.54) is 16.8 Å². The monoisotopic (exact) mass is 1100 g/mol. The molecule has 0 aliphatic carbocycles. The first kappa shape index (κ1) is 66.0. The van der Waals surface area contributed by atoms with Gasteiger partial charge in [0.25, 0.3) is 0 Å². The number of imide groups is 1. The number of carbonyl (C=O) groups excluding carboxylic acids is 8. The van der Waals surface area contributed by atoms with E-state index in [4.69, 9.17) is 14.2 Å². The summed E-state index contributed by atoms with van der Waals surface area (Å²) in [5.41, 5.74) is 2.17. The minimum Gasteiger partial charge on any atom is -0.445 e. The molecule has 79 heavy (non-hydrogen) atoms. The number of likely N-dealkylation sites (tertiary alicyclic amines) is 2. The number of ether oxygens (including phenoxy) is 3. The number of carbonyl (C=O) groups is 8. The number of nitrogens with one attached hydrogen (secondary N) is 1. The lowest BCUT2D eigenvalue weighted by molar-refractivity contribution is -0.149. The lowest BCUT2D eigenvalue weighted by atomic mass is 9.83. The third-order valence-corrected chi connectivity index (χ3v) is 16.7. The molecular weight excluding hydrogens is 1010 g/mol. The number of aliphatic hydroxyl groups excluding tert-OH is 1. The number of unbranched alkanes of at least 4 members (excludes halogenated alkanes) is 2. The van der Waals surface area contributed by atoms with E-state index in [1.807, 2.05) is 92.6 Å². The molecule has 0 spiro atoms. The van der Waals surface area contributed by atoms with Crippen LogP contribution in [0, 0.1) is 41.4 Å². The van der Waals surface area contributed by atoms with Gasteiger partial charge in [0.1, 0.15) is 12.4 Å². The molecule has 2 aromatic rings. The zero-order valence-corrected chi connectivity index (χ0v) is 49.7. The highest BCUT2D eigenvalue weighted by atomic mass is 16.6. The summed E-state index contributed by atoms with van der Waals surface area (Å²) in [5.74, 6) is -3.39. The molecule has 2 N–H and O–H groups in total. The Morgan fingerprint density at radius 3 is 2.04 bits per heavy atom. The number of nitrogens with zero attached hydrogens (tertiary/aromatic N) is 4. The summed E-state index contributed by atoms with van der Waals surface area (Å²) in [6, 6.07) is 14.7. The van der Waals surface area contributed by atoms with Crippen molar-refractivity contribution in [1.82, 2.24) is 19.6 Å². The third-order valence-electron chi connectivity index (χ3n) is 16.7. The van der Waals surface area contributed by atoms with Gasteiger partial charge in [-0.1, -0.05) is 118 Å². The topological polar surface area (TPSA) is 209 Å². The minimum atomic E-state index is -0.885. The van der Waals surface area contributed by atoms with E-state index in [0.717, 1.165) is 24.1 Å². The van der Waals surface area contributed by atoms with Crippen molar-refractivity contribution in [3.8, 4) is 0 Å². The van der Waals surface area contributed by atoms with Crippen LogP contribution in [0.1, 0.15) is 157 Å². The van der Waals surface area contributed by atoms with E-state index in [0.29, 0.717) is 57.2 Å². The molecule has 2 fully saturated rings. The molecule has 5 amide bonds. The second-order valence-corrected chi connectivity index (χ2v) is 23.1. The Morgan fingerprint density at radius 2 is 1.46 bits per heavy atom. The lowest BCUT2D eigenvalue weighted by Crippen LogP contribution is -2.54. The van der Waals surface area contributed by atoms with Gasteiger partial charge in [-0.25, -0.2) is 4.79 Å². The van der Waals surface area contributed by atoms with E-state index in [1.54, 1.807) is 55.3 Å². The Labute approximate surface area is 471 Å². The number of amides is 5. The predicted molar refractivity (Wildman–Crippen MR) is 304 cm³/mol. The number of anilines is 1. The average molecular weight is 1100 g/mol. The molecule has 0 saturated carbocycles. The van der Waals surface area contributed by atoms with Gasteiger partial charge in [-0.15, -0.1) is 0 Å². The van der Waals surface area contributed by atoms with Crippen LogP contribution in [0.25, 0.3) is 0 Å². The maximum atomic E-state index is 14.8. The molecule has 2 aliphatic rings. The highest BCUT2D eigenvalue weighted by Gasteiger charge is 2.44. The molecule has 440 valence electrons. The first-order chi connectivity index (χ1) is 37.5. The van der Waals surface area contributed by atoms with Crippen molar-refractivity contribution in [3.05, 3.63) is 65.7 Å². The second-order valence-electron chi connectivity index (χ2n) is 23.1. The number of likely N-dealkylation sites (N-methyl/N-ethyl adjacent to an activating group) is 2. The molecule has 0 bridgehead atoms. The van der Waals surface area contributed by atoms with Crippen molar-refractivity contribution in [1.29, 1.82) is 0 Å². The van der Waals surface area contributed by atoms with E-state index in [9.17, 15) is 43.5 Å². The Bertz CT molecular complexity index is 2310. The zero-order chi connectivity index (χ0) is 58.7. The smallest absolute Gasteiger partial charge is 0.410 e. The standard InChI is InChI=1S/C62H95N5O12/c1-14-41(7)57(53(77-12)36-55(72)66-32-22-26-50(66)59(78-13)43(9)51(69)33-42(8)58(73)46-23-18-16-19-24-46)64(10)61(75)49(39(3)4)35-52(70)56(40(5)6)65(11)62(76)79-38-44-27-29-47(30-28-44)63-37-48(68)25-20-17-21-31-67-54(71)34-45(15-2)60(67)74/h16,18-19,23-24,27-30,39-43,45,49-50,53,56-59,63,73H,14-15,17,20-22,25-26,31-38H2,1-13H3/t41-,42-,43-,45?,49-,50-,53+,56-,57-,58+,59+/m0/s1. The number of aliphatic hydroxyl groups is 1. The highest BCUT2D eigenvalue weighted by Crippen LogP contribution is 2.33. The first-order valence-corrected chi connectivity index (χ1v) is 29.0. The van der Waals surface area contributed by atoms with Gasteiger partial charge >= 0.3 is 6.09 Å². The summed E-state index contributed by atoms with van der Waals surface area (Å²) < 4.78 is 17.8. The van der Waals surface area contributed by atoms with Crippen molar-refractivity contribution in [2.45, 2.75) is 182 Å². The Hall–Kier alpha value is -5.52. The normalized spacial score (nSPS) is 19.1. The quantitative estimate of drug-likeness (QED) is 0.0496. The summed E-state index contributed by atoms with van der Waals surface area (Å²) in [4.78, 5) is 114. The fraction of sp³-hybridized carbons (Fsp3) is 0.677. The van der Waals surface area contributed by atoms with Gasteiger partial charge in [-0.3, -0.25) is 38.5 Å². The Kier molecular flexibility index (Phi) is 26.8. The number of Topliss-reactive ketones (excluding diaryl/α,β-unsaturated/α-hetero) is 3. The summed E-state index contributed by atoms with van der Waals surface area (Å²) in [6.45, 7) is 18.1. The SMILES string of the molecule is CCC1CC(=O)N(CCCCCC(=O)CNc2ccc(COC(=O)N(C)[C@H](C(=O)C[C@H](C(=O)N(C)[C@@H]([C@@H](C)CC)[C@@H](CC(=O)N3CCC[C@H]3[C@H](OC)[C@@H](C)C(=O)C[C@H](C)[C@@H](O)c3ccccc3)OC)C(C)C)C(C)C)cc2)C1=O. The van der Waals surface area contributed by atoms with E-state index in [-0.39, 0.29) is 115 Å². The number of hydrogen-bond acceptors (Lipinski definition) is 13. The van der Waals surface area contributed by atoms with Crippen LogP contribution in [-0.4, -0.2) is 150 Å². The summed E-state index contributed by atoms with van der Waals surface area (Å²) in [5, 5.41) is 14.1. The average Bonchev–Trinajstić information content (AvgIpc) is 4.04. The van der Waals surface area contributed by atoms with Gasteiger partial charge in [-0.05, 0) is 79.0 Å². The van der Waals surface area contributed by atoms with E-state index >= 15 is 0 Å². The van der Waals surface area contributed by atoms with Crippen LogP contribution < -0.4 is 5.32 Å². The molecule has 2 aliphatic heterocycles. The number of ketones is 3. The van der Waals surface area contributed by atoms with Gasteiger partial charge in [0, 0.05) is 90.5 Å². The van der Waals surface area contributed by atoms with Gasteiger partial charge in [0.2, 0.25) is 23.6 Å². The fourth-order valence-electron chi connectivity index (χ4n) is 11.6. The molecule has 0 radical (unpaired) electrons. The number of rotatable bonds is 34.